The highest BCUT2D eigenvalue weighted by Crippen LogP contribution is 2.32. The van der Waals surface area contributed by atoms with E-state index in [2.05, 4.69) is 10.1 Å². The molecule has 0 spiro atoms. The minimum Gasteiger partial charge on any atom is -0.452 e. The van der Waals surface area contributed by atoms with Crippen LogP contribution in [0.3, 0.4) is 0 Å². The Balaban J connectivity index is 1.56. The molecule has 0 saturated heterocycles. The van der Waals surface area contributed by atoms with Crippen molar-refractivity contribution >= 4 is 34.7 Å². The van der Waals surface area contributed by atoms with Crippen molar-refractivity contribution in [2.24, 2.45) is 5.10 Å². The Morgan fingerprint density at radius 2 is 1.75 bits per heavy atom. The Bertz CT molecular complexity index is 1440. The number of fused-ring (bicyclic) bond motifs is 1. The maximum absolute atomic E-state index is 13.3. The molecule has 0 bridgehead atoms. The van der Waals surface area contributed by atoms with Crippen LogP contribution in [-0.2, 0) is 15.7 Å². The summed E-state index contributed by atoms with van der Waals surface area (Å²) in [6.45, 7) is 3.12. The number of aromatic amines is 1. The molecule has 1 amide bonds. The van der Waals surface area contributed by atoms with Gasteiger partial charge in [0, 0.05) is 16.6 Å². The molecule has 4 rings (SSSR count). The van der Waals surface area contributed by atoms with Gasteiger partial charge < -0.3 is 9.72 Å². The monoisotopic (exact) mass is 493 g/mol. The number of benzene rings is 3. The normalized spacial score (nSPS) is 11.7. The van der Waals surface area contributed by atoms with Gasteiger partial charge in [-0.05, 0) is 61.4 Å². The lowest BCUT2D eigenvalue weighted by Crippen LogP contribution is -2.31. The van der Waals surface area contributed by atoms with Gasteiger partial charge in [-0.25, -0.2) is 4.79 Å². The minimum absolute atomic E-state index is 0.113. The van der Waals surface area contributed by atoms with E-state index >= 15 is 0 Å². The van der Waals surface area contributed by atoms with Crippen LogP contribution in [0.5, 0.6) is 0 Å². The number of ether oxygens (including phenoxy) is 1. The summed E-state index contributed by atoms with van der Waals surface area (Å²) in [5.41, 5.74) is 2.65. The molecule has 6 nitrogen and oxygen atoms in total. The molecule has 0 radical (unpaired) electrons. The average molecular weight is 493 g/mol. The van der Waals surface area contributed by atoms with Crippen molar-refractivity contribution in [3.63, 3.8) is 0 Å². The highest BCUT2D eigenvalue weighted by atomic mass is 19.4. The van der Waals surface area contributed by atoms with Crippen LogP contribution in [0.25, 0.3) is 10.9 Å². The summed E-state index contributed by atoms with van der Waals surface area (Å²) in [7, 11) is 0. The predicted octanol–water partition coefficient (Wildman–Crippen LogP) is 6.03. The van der Waals surface area contributed by atoms with Gasteiger partial charge in [0.1, 0.15) is 0 Å². The first-order chi connectivity index (χ1) is 17.1. The fourth-order valence-electron chi connectivity index (χ4n) is 3.61. The third-order valence-corrected chi connectivity index (χ3v) is 5.65. The summed E-state index contributed by atoms with van der Waals surface area (Å²) in [5.74, 6) is -1.55. The molecule has 184 valence electrons. The number of hydrogen-bond acceptors (Lipinski definition) is 4. The molecule has 0 fully saturated rings. The van der Waals surface area contributed by atoms with Crippen molar-refractivity contribution in [3.8, 4) is 0 Å². The van der Waals surface area contributed by atoms with Crippen molar-refractivity contribution < 1.29 is 27.5 Å². The van der Waals surface area contributed by atoms with Gasteiger partial charge in [-0.3, -0.25) is 4.79 Å². The Morgan fingerprint density at radius 3 is 2.47 bits per heavy atom. The minimum atomic E-state index is -4.60. The number of anilines is 1. The number of rotatable bonds is 6. The van der Waals surface area contributed by atoms with Gasteiger partial charge in [-0.2, -0.15) is 23.3 Å². The van der Waals surface area contributed by atoms with E-state index in [0.29, 0.717) is 5.56 Å². The zero-order chi connectivity index (χ0) is 25.9. The second kappa shape index (κ2) is 10.1. The molecule has 0 aliphatic rings. The summed E-state index contributed by atoms with van der Waals surface area (Å²) in [6.07, 6.45) is -3.27. The molecule has 1 aromatic heterocycles. The van der Waals surface area contributed by atoms with Gasteiger partial charge in [-0.1, -0.05) is 36.4 Å². The summed E-state index contributed by atoms with van der Waals surface area (Å²) >= 11 is 0. The topological polar surface area (TPSA) is 74.8 Å². The SMILES string of the molecule is Cc1[nH]c2ccc(C(=O)OCC(=O)N(/N=C\c3ccccc3)c3cccc(C(F)(F)F)c3)cc2c1C. The number of hydrogen-bond donors (Lipinski definition) is 1. The van der Waals surface area contributed by atoms with Crippen molar-refractivity contribution in [2.75, 3.05) is 11.6 Å². The molecule has 0 aliphatic heterocycles. The van der Waals surface area contributed by atoms with E-state index < -0.39 is 30.2 Å². The van der Waals surface area contributed by atoms with Crippen LogP contribution in [0.1, 0.15) is 32.7 Å². The van der Waals surface area contributed by atoms with E-state index in [1.807, 2.05) is 13.8 Å². The number of aryl methyl sites for hydroxylation is 2. The van der Waals surface area contributed by atoms with Gasteiger partial charge in [0.2, 0.25) is 0 Å². The van der Waals surface area contributed by atoms with Gasteiger partial charge in [0.15, 0.2) is 6.61 Å². The number of amides is 1. The Morgan fingerprint density at radius 1 is 1.00 bits per heavy atom. The third-order valence-electron chi connectivity index (χ3n) is 5.65. The number of esters is 1. The number of aromatic nitrogens is 1. The molecular formula is C27H22F3N3O3. The Kier molecular flexibility index (Phi) is 6.91. The number of carbonyl (C=O) groups is 2. The second-order valence-corrected chi connectivity index (χ2v) is 8.12. The molecule has 36 heavy (non-hydrogen) atoms. The summed E-state index contributed by atoms with van der Waals surface area (Å²) in [6, 6.07) is 17.9. The van der Waals surface area contributed by atoms with Crippen molar-refractivity contribution in [1.29, 1.82) is 0 Å². The maximum Gasteiger partial charge on any atom is 0.416 e. The fourth-order valence-corrected chi connectivity index (χ4v) is 3.61. The van der Waals surface area contributed by atoms with Crippen LogP contribution in [0.2, 0.25) is 0 Å². The molecule has 3 aromatic carbocycles. The predicted molar refractivity (Wildman–Crippen MR) is 131 cm³/mol. The largest absolute Gasteiger partial charge is 0.452 e. The van der Waals surface area contributed by atoms with E-state index in [-0.39, 0.29) is 11.3 Å². The van der Waals surface area contributed by atoms with Crippen LogP contribution in [0, 0.1) is 13.8 Å². The highest BCUT2D eigenvalue weighted by molar-refractivity contribution is 6.00. The lowest BCUT2D eigenvalue weighted by atomic mass is 10.1. The molecule has 4 aromatic rings. The number of hydrazone groups is 1. The smallest absolute Gasteiger partial charge is 0.416 e. The van der Waals surface area contributed by atoms with Crippen molar-refractivity contribution in [3.05, 3.63) is 101 Å². The van der Waals surface area contributed by atoms with Crippen LogP contribution >= 0.6 is 0 Å². The van der Waals surface area contributed by atoms with Crippen molar-refractivity contribution in [2.45, 2.75) is 20.0 Å². The zero-order valence-electron chi connectivity index (χ0n) is 19.5. The van der Waals surface area contributed by atoms with Crippen LogP contribution in [0.15, 0.2) is 77.9 Å². The van der Waals surface area contributed by atoms with E-state index in [9.17, 15) is 22.8 Å². The van der Waals surface area contributed by atoms with Crippen LogP contribution in [0.4, 0.5) is 18.9 Å². The first-order valence-corrected chi connectivity index (χ1v) is 11.0. The standard InChI is InChI=1S/C27H22F3N3O3/c1-17-18(2)32-24-12-11-20(13-23(17)24)26(35)36-16-25(34)33(31-15-19-7-4-3-5-8-19)22-10-6-9-21(14-22)27(28,29)30/h3-15,32H,16H2,1-2H3/b31-15-. The van der Waals surface area contributed by atoms with Crippen molar-refractivity contribution in [1.82, 2.24) is 4.98 Å². The van der Waals surface area contributed by atoms with Crippen LogP contribution in [-0.4, -0.2) is 29.7 Å². The van der Waals surface area contributed by atoms with Gasteiger partial charge in [0.25, 0.3) is 5.91 Å². The molecule has 0 atom stereocenters. The zero-order valence-corrected chi connectivity index (χ0v) is 19.5. The van der Waals surface area contributed by atoms with Gasteiger partial charge in [0.05, 0.1) is 23.0 Å². The average Bonchev–Trinajstić information content (AvgIpc) is 3.15. The van der Waals surface area contributed by atoms with Gasteiger partial charge in [-0.15, -0.1) is 0 Å². The number of nitrogens with one attached hydrogen (secondary N) is 1. The molecule has 0 saturated carbocycles. The maximum atomic E-state index is 13.3. The molecule has 1 N–H and O–H groups in total. The van der Waals surface area contributed by atoms with E-state index in [1.54, 1.807) is 48.5 Å². The number of alkyl halides is 3. The van der Waals surface area contributed by atoms with Gasteiger partial charge >= 0.3 is 12.1 Å². The quantitative estimate of drug-likeness (QED) is 0.203. The molecule has 0 unspecified atom stereocenters. The summed E-state index contributed by atoms with van der Waals surface area (Å²) in [4.78, 5) is 28.8. The van der Waals surface area contributed by atoms with E-state index in [1.165, 1.54) is 18.3 Å². The van der Waals surface area contributed by atoms with E-state index in [0.717, 1.165) is 39.3 Å². The third kappa shape index (κ3) is 5.46. The molecule has 1 heterocycles. The highest BCUT2D eigenvalue weighted by Gasteiger charge is 2.31. The first-order valence-electron chi connectivity index (χ1n) is 11.0. The molecule has 0 aliphatic carbocycles. The fraction of sp³-hybridized carbons (Fsp3) is 0.148. The Hall–Kier alpha value is -4.40. The summed E-state index contributed by atoms with van der Waals surface area (Å²) < 4.78 is 45.0. The first kappa shape index (κ1) is 24.7. The number of nitrogens with zero attached hydrogens (tertiary/aromatic N) is 2. The molecular weight excluding hydrogens is 471 g/mol. The number of carbonyl (C=O) groups excluding carboxylic acids is 2. The van der Waals surface area contributed by atoms with E-state index in [4.69, 9.17) is 4.74 Å². The summed E-state index contributed by atoms with van der Waals surface area (Å²) in [5, 5.41) is 5.73. The van der Waals surface area contributed by atoms with Crippen LogP contribution < -0.4 is 5.01 Å². The lowest BCUT2D eigenvalue weighted by molar-refractivity contribution is -0.137. The number of H-pyrrole nitrogens is 1. The lowest BCUT2D eigenvalue weighted by Gasteiger charge is -2.18. The second-order valence-electron chi connectivity index (χ2n) is 8.12. The molecule has 9 heteroatoms. The number of halogens is 3. The Labute approximate surface area is 205 Å².